The molecular formula is C27H29NO4. The molecule has 2 atom stereocenters. The van der Waals surface area contributed by atoms with E-state index in [1.165, 1.54) is 0 Å². The van der Waals surface area contributed by atoms with E-state index in [1.54, 1.807) is 14.2 Å². The number of aliphatic hydroxyl groups is 1. The van der Waals surface area contributed by atoms with Crippen molar-refractivity contribution in [3.63, 3.8) is 0 Å². The van der Waals surface area contributed by atoms with E-state index in [1.807, 2.05) is 48.5 Å². The Labute approximate surface area is 189 Å². The molecule has 2 N–H and O–H groups in total. The molecule has 5 heteroatoms. The van der Waals surface area contributed by atoms with Crippen LogP contribution in [-0.4, -0.2) is 37.4 Å². The lowest BCUT2D eigenvalue weighted by atomic mass is 9.85. The topological polar surface area (TPSA) is 67.8 Å². The summed E-state index contributed by atoms with van der Waals surface area (Å²) in [6, 6.07) is 23.6. The molecule has 32 heavy (non-hydrogen) atoms. The van der Waals surface area contributed by atoms with Crippen LogP contribution in [0.1, 0.15) is 34.6 Å². The molecule has 3 aromatic rings. The van der Waals surface area contributed by atoms with Gasteiger partial charge in [0.15, 0.2) is 11.5 Å². The summed E-state index contributed by atoms with van der Waals surface area (Å²) in [5.74, 6) is 1.18. The Hall–Kier alpha value is -3.31. The maximum atomic E-state index is 13.1. The highest BCUT2D eigenvalue weighted by Gasteiger charge is 2.30. The zero-order chi connectivity index (χ0) is 22.5. The molecule has 0 fully saturated rings. The molecule has 0 heterocycles. The van der Waals surface area contributed by atoms with Gasteiger partial charge in [0.1, 0.15) is 0 Å². The number of ether oxygens (including phenoxy) is 2. The van der Waals surface area contributed by atoms with Gasteiger partial charge >= 0.3 is 0 Å². The van der Waals surface area contributed by atoms with Gasteiger partial charge in [-0.05, 0) is 40.8 Å². The van der Waals surface area contributed by atoms with E-state index in [0.717, 1.165) is 22.3 Å². The summed E-state index contributed by atoms with van der Waals surface area (Å²) in [6.45, 7) is 0. The van der Waals surface area contributed by atoms with Gasteiger partial charge in [0, 0.05) is 18.8 Å². The van der Waals surface area contributed by atoms with Crippen LogP contribution in [-0.2, 0) is 17.6 Å². The molecule has 0 saturated carbocycles. The Balaban J connectivity index is 1.50. The molecular weight excluding hydrogens is 402 g/mol. The van der Waals surface area contributed by atoms with E-state index in [0.29, 0.717) is 30.8 Å². The van der Waals surface area contributed by atoms with Gasteiger partial charge in [-0.3, -0.25) is 4.79 Å². The number of carbonyl (C=O) groups is 1. The van der Waals surface area contributed by atoms with Crippen LogP contribution in [0.25, 0.3) is 0 Å². The van der Waals surface area contributed by atoms with Gasteiger partial charge < -0.3 is 19.9 Å². The lowest BCUT2D eigenvalue weighted by molar-refractivity contribution is -0.123. The number of rotatable bonds is 7. The first-order chi connectivity index (χ1) is 15.6. The van der Waals surface area contributed by atoms with Crippen LogP contribution >= 0.6 is 0 Å². The van der Waals surface area contributed by atoms with E-state index in [2.05, 4.69) is 29.6 Å². The summed E-state index contributed by atoms with van der Waals surface area (Å²) >= 11 is 0. The highest BCUT2D eigenvalue weighted by Crippen LogP contribution is 2.34. The summed E-state index contributed by atoms with van der Waals surface area (Å²) < 4.78 is 10.8. The lowest BCUT2D eigenvalue weighted by Crippen LogP contribution is -2.48. The summed E-state index contributed by atoms with van der Waals surface area (Å²) in [5.41, 5.74) is 4.27. The molecule has 0 spiro atoms. The molecule has 166 valence electrons. The number of benzene rings is 3. The molecule has 0 radical (unpaired) electrons. The molecule has 0 bridgehead atoms. The van der Waals surface area contributed by atoms with Crippen molar-refractivity contribution in [2.45, 2.75) is 37.3 Å². The van der Waals surface area contributed by atoms with E-state index in [-0.39, 0.29) is 17.9 Å². The third-order valence-electron chi connectivity index (χ3n) is 6.18. The minimum absolute atomic E-state index is 0.0465. The zero-order valence-corrected chi connectivity index (χ0v) is 18.5. The fourth-order valence-electron chi connectivity index (χ4n) is 4.48. The SMILES string of the molecule is COc1cc2c(cc1OC)C[C@H](O)[C@@H](NC(=O)CC(c1ccccc1)c1ccccc1)C2. The molecule has 5 nitrogen and oxygen atoms in total. The van der Waals surface area contributed by atoms with Crippen LogP contribution in [0.4, 0.5) is 0 Å². The Morgan fingerprint density at radius 3 is 1.91 bits per heavy atom. The molecule has 0 aliphatic heterocycles. The van der Waals surface area contributed by atoms with Crippen molar-refractivity contribution < 1.29 is 19.4 Å². The van der Waals surface area contributed by atoms with Crippen molar-refractivity contribution in [2.24, 2.45) is 0 Å². The Kier molecular flexibility index (Phi) is 6.76. The van der Waals surface area contributed by atoms with Crippen LogP contribution in [0, 0.1) is 0 Å². The molecule has 1 amide bonds. The van der Waals surface area contributed by atoms with Gasteiger partial charge in [0.25, 0.3) is 0 Å². The van der Waals surface area contributed by atoms with Crippen molar-refractivity contribution in [1.29, 1.82) is 0 Å². The summed E-state index contributed by atoms with van der Waals surface area (Å²) in [4.78, 5) is 13.1. The Morgan fingerprint density at radius 1 is 0.906 bits per heavy atom. The van der Waals surface area contributed by atoms with E-state index < -0.39 is 6.10 Å². The standard InChI is InChI=1S/C27H29NO4/c1-31-25-15-20-13-23(24(29)14-21(20)16-26(25)32-2)28-27(30)17-22(18-9-5-3-6-10-18)19-11-7-4-8-12-19/h3-12,15-16,22-24,29H,13-14,17H2,1-2H3,(H,28,30)/t23-,24-/m0/s1. The molecule has 4 rings (SSSR count). The number of aliphatic hydroxyl groups excluding tert-OH is 1. The number of amides is 1. The zero-order valence-electron chi connectivity index (χ0n) is 18.5. The number of methoxy groups -OCH3 is 2. The summed E-state index contributed by atoms with van der Waals surface area (Å²) in [6.07, 6.45) is 0.665. The van der Waals surface area contributed by atoms with Gasteiger partial charge in [0.05, 0.1) is 26.4 Å². The molecule has 0 unspecified atom stereocenters. The van der Waals surface area contributed by atoms with Crippen molar-refractivity contribution in [3.05, 3.63) is 95.1 Å². The van der Waals surface area contributed by atoms with Crippen LogP contribution in [0.5, 0.6) is 11.5 Å². The fourth-order valence-corrected chi connectivity index (χ4v) is 4.48. The number of carbonyl (C=O) groups excluding carboxylic acids is 1. The number of hydrogen-bond acceptors (Lipinski definition) is 4. The van der Waals surface area contributed by atoms with Gasteiger partial charge in [-0.25, -0.2) is 0 Å². The number of nitrogens with one attached hydrogen (secondary N) is 1. The number of fused-ring (bicyclic) bond motifs is 1. The van der Waals surface area contributed by atoms with Crippen molar-refractivity contribution >= 4 is 5.91 Å². The quantitative estimate of drug-likeness (QED) is 0.596. The Morgan fingerprint density at radius 2 is 1.41 bits per heavy atom. The second-order valence-electron chi connectivity index (χ2n) is 8.20. The normalized spacial score (nSPS) is 17.5. The van der Waals surface area contributed by atoms with Crippen LogP contribution < -0.4 is 14.8 Å². The Bertz CT molecular complexity index is 1010. The highest BCUT2D eigenvalue weighted by atomic mass is 16.5. The van der Waals surface area contributed by atoms with Crippen LogP contribution in [0.15, 0.2) is 72.8 Å². The largest absolute Gasteiger partial charge is 0.493 e. The monoisotopic (exact) mass is 431 g/mol. The molecule has 0 aromatic heterocycles. The predicted octanol–water partition coefficient (Wildman–Crippen LogP) is 3.87. The molecule has 1 aliphatic rings. The van der Waals surface area contributed by atoms with Gasteiger partial charge in [-0.1, -0.05) is 60.7 Å². The van der Waals surface area contributed by atoms with Gasteiger partial charge in [0.2, 0.25) is 5.91 Å². The molecule has 3 aromatic carbocycles. The summed E-state index contributed by atoms with van der Waals surface area (Å²) in [7, 11) is 3.21. The van der Waals surface area contributed by atoms with Crippen molar-refractivity contribution in [3.8, 4) is 11.5 Å². The first kappa shape index (κ1) is 21.9. The highest BCUT2D eigenvalue weighted by molar-refractivity contribution is 5.78. The van der Waals surface area contributed by atoms with Crippen LogP contribution in [0.3, 0.4) is 0 Å². The number of hydrogen-bond donors (Lipinski definition) is 2. The van der Waals surface area contributed by atoms with E-state index in [4.69, 9.17) is 9.47 Å². The van der Waals surface area contributed by atoms with Gasteiger partial charge in [-0.15, -0.1) is 0 Å². The second kappa shape index (κ2) is 9.88. The average Bonchev–Trinajstić information content (AvgIpc) is 2.83. The third kappa shape index (κ3) is 4.78. The minimum Gasteiger partial charge on any atom is -0.493 e. The first-order valence-corrected chi connectivity index (χ1v) is 10.9. The van der Waals surface area contributed by atoms with Crippen molar-refractivity contribution in [1.82, 2.24) is 5.32 Å². The van der Waals surface area contributed by atoms with Crippen LogP contribution in [0.2, 0.25) is 0 Å². The average molecular weight is 432 g/mol. The van der Waals surface area contributed by atoms with Gasteiger partial charge in [-0.2, -0.15) is 0 Å². The van der Waals surface area contributed by atoms with E-state index in [9.17, 15) is 9.90 Å². The molecule has 0 saturated heterocycles. The third-order valence-corrected chi connectivity index (χ3v) is 6.18. The smallest absolute Gasteiger partial charge is 0.221 e. The minimum atomic E-state index is -0.656. The van der Waals surface area contributed by atoms with E-state index >= 15 is 0 Å². The maximum absolute atomic E-state index is 13.1. The fraction of sp³-hybridized carbons (Fsp3) is 0.296. The summed E-state index contributed by atoms with van der Waals surface area (Å²) in [5, 5.41) is 13.8. The molecule has 1 aliphatic carbocycles. The predicted molar refractivity (Wildman–Crippen MR) is 124 cm³/mol. The lowest BCUT2D eigenvalue weighted by Gasteiger charge is -2.31. The van der Waals surface area contributed by atoms with Crippen molar-refractivity contribution in [2.75, 3.05) is 14.2 Å². The maximum Gasteiger partial charge on any atom is 0.221 e. The second-order valence-corrected chi connectivity index (χ2v) is 8.20. The first-order valence-electron chi connectivity index (χ1n) is 10.9.